The molecule has 2 unspecified atom stereocenters. The van der Waals surface area contributed by atoms with Crippen LogP contribution in [0.3, 0.4) is 0 Å². The second-order valence-corrected chi connectivity index (χ2v) is 5.84. The summed E-state index contributed by atoms with van der Waals surface area (Å²) in [5.41, 5.74) is 0. The van der Waals surface area contributed by atoms with E-state index < -0.39 is 0 Å². The molecule has 1 heterocycles. The molecule has 1 saturated heterocycles. The van der Waals surface area contributed by atoms with E-state index in [4.69, 9.17) is 4.74 Å². The zero-order valence-electron chi connectivity index (χ0n) is 12.0. The van der Waals surface area contributed by atoms with Crippen molar-refractivity contribution in [3.05, 3.63) is 0 Å². The number of nitrogens with one attached hydrogen (secondary N) is 1. The lowest BCUT2D eigenvalue weighted by Gasteiger charge is -2.24. The van der Waals surface area contributed by atoms with Crippen LogP contribution >= 0.6 is 0 Å². The van der Waals surface area contributed by atoms with E-state index in [1.165, 1.54) is 25.9 Å². The predicted octanol–water partition coefficient (Wildman–Crippen LogP) is 1.98. The van der Waals surface area contributed by atoms with Crippen molar-refractivity contribution in [1.29, 1.82) is 0 Å². The summed E-state index contributed by atoms with van der Waals surface area (Å²) in [7, 11) is 1.81. The number of hydrogen-bond acceptors (Lipinski definition) is 3. The van der Waals surface area contributed by atoms with Crippen molar-refractivity contribution >= 4 is 0 Å². The van der Waals surface area contributed by atoms with Crippen molar-refractivity contribution in [3.8, 4) is 0 Å². The molecule has 3 nitrogen and oxygen atoms in total. The summed E-state index contributed by atoms with van der Waals surface area (Å²) in [6, 6.07) is 0.656. The van der Waals surface area contributed by atoms with Gasteiger partial charge in [-0.25, -0.2) is 0 Å². The van der Waals surface area contributed by atoms with Crippen molar-refractivity contribution in [2.75, 3.05) is 39.9 Å². The molecule has 0 radical (unpaired) electrons. The molecule has 1 aliphatic rings. The van der Waals surface area contributed by atoms with E-state index in [0.29, 0.717) is 6.04 Å². The van der Waals surface area contributed by atoms with Crippen LogP contribution in [0.4, 0.5) is 0 Å². The Bertz CT molecular complexity index is 197. The van der Waals surface area contributed by atoms with E-state index in [1.807, 2.05) is 0 Å². The van der Waals surface area contributed by atoms with Gasteiger partial charge < -0.3 is 10.1 Å². The maximum Gasteiger partial charge on any atom is 0.0503 e. The molecule has 0 aromatic carbocycles. The summed E-state index contributed by atoms with van der Waals surface area (Å²) in [6.45, 7) is 12.5. The first kappa shape index (κ1) is 14.9. The van der Waals surface area contributed by atoms with Crippen molar-refractivity contribution in [2.24, 2.45) is 11.8 Å². The van der Waals surface area contributed by atoms with E-state index in [9.17, 15) is 0 Å². The molecular formula is C14H30N2O. The van der Waals surface area contributed by atoms with Gasteiger partial charge in [0.1, 0.15) is 0 Å². The highest BCUT2D eigenvalue weighted by Crippen LogP contribution is 2.18. The molecule has 0 bridgehead atoms. The maximum absolute atomic E-state index is 5.24. The minimum atomic E-state index is 0.656. The van der Waals surface area contributed by atoms with Gasteiger partial charge in [0.15, 0.2) is 0 Å². The molecule has 102 valence electrons. The fourth-order valence-electron chi connectivity index (χ4n) is 2.47. The summed E-state index contributed by atoms with van der Waals surface area (Å²) in [4.78, 5) is 2.59. The van der Waals surface area contributed by atoms with E-state index >= 15 is 0 Å². The van der Waals surface area contributed by atoms with Gasteiger partial charge in [0.05, 0.1) is 6.61 Å². The van der Waals surface area contributed by atoms with E-state index in [-0.39, 0.29) is 0 Å². The normalized spacial score (nSPS) is 23.5. The van der Waals surface area contributed by atoms with Crippen molar-refractivity contribution in [1.82, 2.24) is 10.2 Å². The Hall–Kier alpha value is -0.120. The second kappa shape index (κ2) is 8.06. The van der Waals surface area contributed by atoms with E-state index in [0.717, 1.165) is 31.5 Å². The van der Waals surface area contributed by atoms with Crippen LogP contribution in [0.15, 0.2) is 0 Å². The van der Waals surface area contributed by atoms with Gasteiger partial charge in [0.25, 0.3) is 0 Å². The zero-order chi connectivity index (χ0) is 12.7. The molecule has 2 atom stereocenters. The summed E-state index contributed by atoms with van der Waals surface area (Å²) < 4.78 is 5.24. The molecule has 0 aromatic heterocycles. The van der Waals surface area contributed by atoms with Gasteiger partial charge in [-0.1, -0.05) is 13.8 Å². The molecule has 0 aliphatic carbocycles. The van der Waals surface area contributed by atoms with Gasteiger partial charge in [0, 0.05) is 26.2 Å². The Kier molecular flexibility index (Phi) is 7.09. The third kappa shape index (κ3) is 5.84. The molecular weight excluding hydrogens is 212 g/mol. The predicted molar refractivity (Wildman–Crippen MR) is 73.3 cm³/mol. The summed E-state index contributed by atoms with van der Waals surface area (Å²) >= 11 is 0. The highest BCUT2D eigenvalue weighted by atomic mass is 16.5. The summed E-state index contributed by atoms with van der Waals surface area (Å²) in [5, 5.41) is 3.57. The monoisotopic (exact) mass is 242 g/mol. The fraction of sp³-hybridized carbons (Fsp3) is 1.00. The standard InChI is InChI=1S/C14H30N2O/c1-12(2)5-7-15-9-13(3)16-8-6-14(10-16)11-17-4/h12-15H,5-11H2,1-4H3. The van der Waals surface area contributed by atoms with Crippen molar-refractivity contribution in [3.63, 3.8) is 0 Å². The smallest absolute Gasteiger partial charge is 0.0503 e. The van der Waals surface area contributed by atoms with Crippen LogP contribution in [0, 0.1) is 11.8 Å². The minimum absolute atomic E-state index is 0.656. The second-order valence-electron chi connectivity index (χ2n) is 5.84. The van der Waals surface area contributed by atoms with Crippen LogP contribution < -0.4 is 5.32 Å². The first-order chi connectivity index (χ1) is 8.13. The molecule has 3 heteroatoms. The Morgan fingerprint density at radius 2 is 2.12 bits per heavy atom. The van der Waals surface area contributed by atoms with Gasteiger partial charge in [-0.2, -0.15) is 0 Å². The van der Waals surface area contributed by atoms with Crippen LogP contribution in [0.1, 0.15) is 33.6 Å². The van der Waals surface area contributed by atoms with Gasteiger partial charge >= 0.3 is 0 Å². The first-order valence-corrected chi connectivity index (χ1v) is 7.07. The van der Waals surface area contributed by atoms with Crippen LogP contribution in [0.25, 0.3) is 0 Å². The highest BCUT2D eigenvalue weighted by molar-refractivity contribution is 4.80. The van der Waals surface area contributed by atoms with Crippen LogP contribution in [0.5, 0.6) is 0 Å². The number of ether oxygens (including phenoxy) is 1. The minimum Gasteiger partial charge on any atom is -0.384 e. The Morgan fingerprint density at radius 1 is 1.35 bits per heavy atom. The number of methoxy groups -OCH3 is 1. The quantitative estimate of drug-likeness (QED) is 0.659. The average Bonchev–Trinajstić information content (AvgIpc) is 2.73. The van der Waals surface area contributed by atoms with Crippen molar-refractivity contribution < 1.29 is 4.74 Å². The summed E-state index contributed by atoms with van der Waals surface area (Å²) in [6.07, 6.45) is 2.57. The molecule has 0 saturated carbocycles. The van der Waals surface area contributed by atoms with Gasteiger partial charge in [0.2, 0.25) is 0 Å². The molecule has 1 rings (SSSR count). The number of nitrogens with zero attached hydrogens (tertiary/aromatic N) is 1. The largest absolute Gasteiger partial charge is 0.384 e. The van der Waals surface area contributed by atoms with Crippen LogP contribution in [-0.2, 0) is 4.74 Å². The summed E-state index contributed by atoms with van der Waals surface area (Å²) in [5.74, 6) is 1.55. The SMILES string of the molecule is COCC1CCN(C(C)CNCCC(C)C)C1. The van der Waals surface area contributed by atoms with E-state index in [2.05, 4.69) is 31.0 Å². The molecule has 0 amide bonds. The van der Waals surface area contributed by atoms with Crippen LogP contribution in [-0.4, -0.2) is 50.8 Å². The number of rotatable bonds is 8. The molecule has 17 heavy (non-hydrogen) atoms. The molecule has 0 aromatic rings. The Balaban J connectivity index is 2.10. The third-order valence-corrected chi connectivity index (χ3v) is 3.68. The zero-order valence-corrected chi connectivity index (χ0v) is 12.0. The number of hydrogen-bond donors (Lipinski definition) is 1. The lowest BCUT2D eigenvalue weighted by Crippen LogP contribution is -2.39. The third-order valence-electron chi connectivity index (χ3n) is 3.68. The number of likely N-dealkylation sites (tertiary alicyclic amines) is 1. The van der Waals surface area contributed by atoms with Crippen LogP contribution in [0.2, 0.25) is 0 Å². The molecule has 1 N–H and O–H groups in total. The Labute approximate surface area is 107 Å². The lowest BCUT2D eigenvalue weighted by atomic mass is 10.1. The molecule has 1 aliphatic heterocycles. The topological polar surface area (TPSA) is 24.5 Å². The van der Waals surface area contributed by atoms with Gasteiger partial charge in [-0.05, 0) is 44.7 Å². The van der Waals surface area contributed by atoms with Gasteiger partial charge in [-0.3, -0.25) is 4.90 Å². The first-order valence-electron chi connectivity index (χ1n) is 7.07. The fourth-order valence-corrected chi connectivity index (χ4v) is 2.47. The van der Waals surface area contributed by atoms with Crippen molar-refractivity contribution in [2.45, 2.75) is 39.7 Å². The average molecular weight is 242 g/mol. The highest BCUT2D eigenvalue weighted by Gasteiger charge is 2.25. The molecule has 1 fully saturated rings. The van der Waals surface area contributed by atoms with Gasteiger partial charge in [-0.15, -0.1) is 0 Å². The molecule has 0 spiro atoms. The maximum atomic E-state index is 5.24. The Morgan fingerprint density at radius 3 is 2.76 bits per heavy atom. The van der Waals surface area contributed by atoms with E-state index in [1.54, 1.807) is 7.11 Å². The lowest BCUT2D eigenvalue weighted by molar-refractivity contribution is 0.148.